The molecular formula is C19H12BrN3O2S. The van der Waals surface area contributed by atoms with Crippen LogP contribution < -0.4 is 10.9 Å². The predicted octanol–water partition coefficient (Wildman–Crippen LogP) is 4.44. The quantitative estimate of drug-likeness (QED) is 0.527. The number of carbonyl (C=O) groups is 1. The lowest BCUT2D eigenvalue weighted by atomic mass is 10.2. The van der Waals surface area contributed by atoms with Crippen LogP contribution in [0.4, 0.5) is 5.69 Å². The highest BCUT2D eigenvalue weighted by molar-refractivity contribution is 9.10. The summed E-state index contributed by atoms with van der Waals surface area (Å²) in [5.41, 5.74) is 1.83. The Morgan fingerprint density at radius 1 is 1.12 bits per heavy atom. The molecule has 0 unspecified atom stereocenters. The smallest absolute Gasteiger partial charge is 0.271 e. The number of nitrogens with one attached hydrogen (secondary N) is 1. The van der Waals surface area contributed by atoms with Gasteiger partial charge in [-0.25, -0.2) is 4.98 Å². The SMILES string of the molecule is O=C(Nc1cccc(Br)c1)c1cnc2scc(-c3ccccc3)n2c1=O. The van der Waals surface area contributed by atoms with E-state index in [1.165, 1.54) is 21.9 Å². The van der Waals surface area contributed by atoms with Gasteiger partial charge in [-0.3, -0.25) is 14.0 Å². The van der Waals surface area contributed by atoms with Crippen LogP contribution in [0.15, 0.2) is 75.4 Å². The van der Waals surface area contributed by atoms with E-state index < -0.39 is 5.91 Å². The van der Waals surface area contributed by atoms with Gasteiger partial charge >= 0.3 is 0 Å². The summed E-state index contributed by atoms with van der Waals surface area (Å²) in [5.74, 6) is -0.486. The van der Waals surface area contributed by atoms with E-state index in [2.05, 4.69) is 26.2 Å². The highest BCUT2D eigenvalue weighted by Crippen LogP contribution is 2.23. The summed E-state index contributed by atoms with van der Waals surface area (Å²) in [7, 11) is 0. The number of fused-ring (bicyclic) bond motifs is 1. The number of hydrogen-bond acceptors (Lipinski definition) is 4. The fourth-order valence-electron chi connectivity index (χ4n) is 2.62. The molecule has 1 amide bonds. The maximum absolute atomic E-state index is 12.9. The van der Waals surface area contributed by atoms with Gasteiger partial charge in [-0.1, -0.05) is 52.3 Å². The molecule has 0 saturated heterocycles. The Kier molecular flexibility index (Phi) is 4.40. The van der Waals surface area contributed by atoms with Crippen LogP contribution in [0, 0.1) is 0 Å². The standard InChI is InChI=1S/C19H12BrN3O2S/c20-13-7-4-8-14(9-13)22-17(24)15-10-21-19-23(18(15)25)16(11-26-19)12-5-2-1-3-6-12/h1-11H,(H,22,24). The highest BCUT2D eigenvalue weighted by atomic mass is 79.9. The number of thiazole rings is 1. The number of benzene rings is 2. The Hall–Kier alpha value is -2.77. The van der Waals surface area contributed by atoms with Gasteiger partial charge in [0, 0.05) is 21.7 Å². The Labute approximate surface area is 161 Å². The van der Waals surface area contributed by atoms with Gasteiger partial charge in [0.05, 0.1) is 5.69 Å². The third kappa shape index (κ3) is 3.07. The molecule has 0 aliphatic heterocycles. The number of anilines is 1. The molecule has 0 radical (unpaired) electrons. The summed E-state index contributed by atoms with van der Waals surface area (Å²) in [6, 6.07) is 16.7. The van der Waals surface area contributed by atoms with E-state index in [4.69, 9.17) is 0 Å². The fraction of sp³-hybridized carbons (Fsp3) is 0. The van der Waals surface area contributed by atoms with Crippen LogP contribution in [0.5, 0.6) is 0 Å². The molecule has 4 aromatic rings. The molecule has 2 heterocycles. The van der Waals surface area contributed by atoms with Gasteiger partial charge < -0.3 is 5.32 Å². The topological polar surface area (TPSA) is 63.5 Å². The molecule has 0 spiro atoms. The van der Waals surface area contributed by atoms with E-state index in [1.807, 2.05) is 41.8 Å². The normalized spacial score (nSPS) is 10.8. The second-order valence-corrected chi connectivity index (χ2v) is 7.30. The Bertz CT molecular complexity index is 1170. The maximum atomic E-state index is 12.9. The van der Waals surface area contributed by atoms with Crippen molar-refractivity contribution in [2.75, 3.05) is 5.32 Å². The average molecular weight is 426 g/mol. The predicted molar refractivity (Wildman–Crippen MR) is 107 cm³/mol. The molecule has 0 aliphatic carbocycles. The van der Waals surface area contributed by atoms with Crippen molar-refractivity contribution in [3.8, 4) is 11.3 Å². The van der Waals surface area contributed by atoms with Crippen LogP contribution in [0.2, 0.25) is 0 Å². The minimum Gasteiger partial charge on any atom is -0.322 e. The molecule has 5 nitrogen and oxygen atoms in total. The van der Waals surface area contributed by atoms with Crippen molar-refractivity contribution in [2.45, 2.75) is 0 Å². The number of halogens is 1. The van der Waals surface area contributed by atoms with Gasteiger partial charge in [0.25, 0.3) is 11.5 Å². The molecule has 26 heavy (non-hydrogen) atoms. The van der Waals surface area contributed by atoms with Crippen LogP contribution >= 0.6 is 27.3 Å². The fourth-order valence-corrected chi connectivity index (χ4v) is 3.88. The first kappa shape index (κ1) is 16.7. The van der Waals surface area contributed by atoms with E-state index in [0.717, 1.165) is 15.7 Å². The molecule has 0 atom stereocenters. The first-order valence-corrected chi connectivity index (χ1v) is 9.42. The summed E-state index contributed by atoms with van der Waals surface area (Å²) < 4.78 is 2.32. The largest absolute Gasteiger partial charge is 0.322 e. The molecule has 0 aliphatic rings. The van der Waals surface area contributed by atoms with Gasteiger partial charge in [0.1, 0.15) is 5.56 Å². The number of nitrogens with zero attached hydrogens (tertiary/aromatic N) is 2. The lowest BCUT2D eigenvalue weighted by Crippen LogP contribution is -2.26. The number of hydrogen-bond donors (Lipinski definition) is 1. The number of aromatic nitrogens is 2. The van der Waals surface area contributed by atoms with Crippen LogP contribution in [0.1, 0.15) is 10.4 Å². The van der Waals surface area contributed by atoms with Crippen molar-refractivity contribution < 1.29 is 4.79 Å². The minimum absolute atomic E-state index is 0.00180. The van der Waals surface area contributed by atoms with Gasteiger partial charge in [-0.15, -0.1) is 11.3 Å². The molecule has 1 N–H and O–H groups in total. The summed E-state index contributed by atoms with van der Waals surface area (Å²) in [6.45, 7) is 0. The molecule has 7 heteroatoms. The Morgan fingerprint density at radius 3 is 2.69 bits per heavy atom. The third-order valence-electron chi connectivity index (χ3n) is 3.84. The highest BCUT2D eigenvalue weighted by Gasteiger charge is 2.17. The minimum atomic E-state index is -0.486. The second kappa shape index (κ2) is 6.86. The number of amides is 1. The van der Waals surface area contributed by atoms with Crippen LogP contribution in [-0.4, -0.2) is 15.3 Å². The zero-order valence-electron chi connectivity index (χ0n) is 13.3. The van der Waals surface area contributed by atoms with Crippen molar-refractivity contribution in [1.82, 2.24) is 9.38 Å². The zero-order valence-corrected chi connectivity index (χ0v) is 15.8. The molecule has 0 fully saturated rings. The third-order valence-corrected chi connectivity index (χ3v) is 5.18. The van der Waals surface area contributed by atoms with Crippen LogP contribution in [-0.2, 0) is 0 Å². The van der Waals surface area contributed by atoms with E-state index in [0.29, 0.717) is 10.6 Å². The summed E-state index contributed by atoms with van der Waals surface area (Å²) in [5, 5.41) is 4.61. The zero-order chi connectivity index (χ0) is 18.1. The monoisotopic (exact) mass is 425 g/mol. The van der Waals surface area contributed by atoms with Crippen LogP contribution in [0.3, 0.4) is 0 Å². The van der Waals surface area contributed by atoms with Crippen molar-refractivity contribution in [3.05, 3.63) is 86.6 Å². The van der Waals surface area contributed by atoms with Crippen molar-refractivity contribution >= 4 is 43.8 Å². The number of carbonyl (C=O) groups excluding carboxylic acids is 1. The maximum Gasteiger partial charge on any atom is 0.271 e. The van der Waals surface area contributed by atoms with Crippen molar-refractivity contribution in [3.63, 3.8) is 0 Å². The Morgan fingerprint density at radius 2 is 1.92 bits per heavy atom. The first-order chi connectivity index (χ1) is 12.6. The first-order valence-electron chi connectivity index (χ1n) is 7.75. The van der Waals surface area contributed by atoms with Crippen LogP contribution in [0.25, 0.3) is 16.2 Å². The Balaban J connectivity index is 1.78. The number of rotatable bonds is 3. The molecule has 2 aromatic carbocycles. The molecule has 4 rings (SSSR count). The van der Waals surface area contributed by atoms with E-state index in [9.17, 15) is 9.59 Å². The van der Waals surface area contributed by atoms with Crippen molar-refractivity contribution in [1.29, 1.82) is 0 Å². The molecule has 2 aromatic heterocycles. The lowest BCUT2D eigenvalue weighted by Gasteiger charge is -2.06. The second-order valence-electron chi connectivity index (χ2n) is 5.55. The average Bonchev–Trinajstić information content (AvgIpc) is 3.08. The molecule has 0 bridgehead atoms. The molecule has 128 valence electrons. The lowest BCUT2D eigenvalue weighted by molar-refractivity contribution is 0.102. The molecule has 0 saturated carbocycles. The van der Waals surface area contributed by atoms with E-state index >= 15 is 0 Å². The van der Waals surface area contributed by atoms with Crippen molar-refractivity contribution in [2.24, 2.45) is 0 Å². The van der Waals surface area contributed by atoms with Gasteiger partial charge in [0.15, 0.2) is 4.96 Å². The van der Waals surface area contributed by atoms with Gasteiger partial charge in [-0.2, -0.15) is 0 Å². The summed E-state index contributed by atoms with van der Waals surface area (Å²) >= 11 is 4.72. The summed E-state index contributed by atoms with van der Waals surface area (Å²) in [6.07, 6.45) is 1.33. The van der Waals surface area contributed by atoms with E-state index in [-0.39, 0.29) is 11.1 Å². The van der Waals surface area contributed by atoms with Gasteiger partial charge in [0.2, 0.25) is 0 Å². The molecular weight excluding hydrogens is 414 g/mol. The van der Waals surface area contributed by atoms with Gasteiger partial charge in [-0.05, 0) is 23.8 Å². The van der Waals surface area contributed by atoms with E-state index in [1.54, 1.807) is 18.2 Å². The summed E-state index contributed by atoms with van der Waals surface area (Å²) in [4.78, 5) is 30.4.